The molecule has 1 aromatic heterocycles. The predicted molar refractivity (Wildman–Crippen MR) is 92.0 cm³/mol. The van der Waals surface area contributed by atoms with Gasteiger partial charge in [0.25, 0.3) is 0 Å². The van der Waals surface area contributed by atoms with Crippen LogP contribution in [0.1, 0.15) is 40.7 Å². The average molecular weight is 343 g/mol. The third kappa shape index (κ3) is 3.81. The van der Waals surface area contributed by atoms with Crippen LogP contribution < -0.4 is 0 Å². The molecule has 2 aromatic rings. The van der Waals surface area contributed by atoms with Gasteiger partial charge in [-0.3, -0.25) is 9.59 Å². The summed E-state index contributed by atoms with van der Waals surface area (Å²) in [5, 5.41) is 0. The molecule has 1 aromatic carbocycles. The maximum atomic E-state index is 13.0. The molecule has 2 atom stereocenters. The van der Waals surface area contributed by atoms with Crippen LogP contribution in [0.5, 0.6) is 0 Å². The summed E-state index contributed by atoms with van der Waals surface area (Å²) in [7, 11) is 0. The minimum Gasteiger partial charge on any atom is -0.457 e. The number of halogens is 1. The Morgan fingerprint density at radius 3 is 2.48 bits per heavy atom. The molecule has 1 aliphatic rings. The number of ketones is 1. The lowest BCUT2D eigenvalue weighted by Crippen LogP contribution is -2.16. The van der Waals surface area contributed by atoms with Gasteiger partial charge in [0.05, 0.1) is 5.92 Å². The highest BCUT2D eigenvalue weighted by molar-refractivity contribution is 5.99. The molecule has 0 radical (unpaired) electrons. The third-order valence-corrected chi connectivity index (χ3v) is 4.89. The standard InChI is InChI=1S/C20H22FNO3/c1-12-8-17(12)20(24)25-11-19(23)18-9-13(2)22(14(18)3)10-15-4-6-16(21)7-5-15/h4-7,9,12,17H,8,10-11H2,1-3H3/t12-,17-/m1/s1. The van der Waals surface area contributed by atoms with Gasteiger partial charge in [0.2, 0.25) is 5.78 Å². The van der Waals surface area contributed by atoms with Crippen molar-refractivity contribution in [2.24, 2.45) is 11.8 Å². The molecule has 0 unspecified atom stereocenters. The van der Waals surface area contributed by atoms with Gasteiger partial charge in [0.1, 0.15) is 5.82 Å². The van der Waals surface area contributed by atoms with Gasteiger partial charge in [-0.05, 0) is 49.9 Å². The van der Waals surface area contributed by atoms with Gasteiger partial charge in [0.15, 0.2) is 6.61 Å². The Morgan fingerprint density at radius 2 is 1.88 bits per heavy atom. The van der Waals surface area contributed by atoms with Crippen LogP contribution in [0.2, 0.25) is 0 Å². The average Bonchev–Trinajstić information content (AvgIpc) is 3.25. The van der Waals surface area contributed by atoms with Gasteiger partial charge in [-0.15, -0.1) is 0 Å². The smallest absolute Gasteiger partial charge is 0.309 e. The Balaban J connectivity index is 1.69. The van der Waals surface area contributed by atoms with Gasteiger partial charge < -0.3 is 9.30 Å². The zero-order valence-electron chi connectivity index (χ0n) is 14.7. The van der Waals surface area contributed by atoms with Crippen molar-refractivity contribution in [3.63, 3.8) is 0 Å². The molecular formula is C20H22FNO3. The van der Waals surface area contributed by atoms with E-state index >= 15 is 0 Å². The number of Topliss-reactive ketones (excluding diaryl/α,β-unsaturated/α-hetero) is 1. The number of hydrogen-bond donors (Lipinski definition) is 0. The Hall–Kier alpha value is -2.43. The molecule has 25 heavy (non-hydrogen) atoms. The summed E-state index contributed by atoms with van der Waals surface area (Å²) < 4.78 is 20.2. The van der Waals surface area contributed by atoms with Gasteiger partial charge in [0, 0.05) is 23.5 Å². The van der Waals surface area contributed by atoms with Crippen molar-refractivity contribution < 1.29 is 18.7 Å². The van der Waals surface area contributed by atoms with E-state index in [-0.39, 0.29) is 30.1 Å². The molecule has 0 saturated heterocycles. The van der Waals surface area contributed by atoms with E-state index in [9.17, 15) is 14.0 Å². The summed E-state index contributed by atoms with van der Waals surface area (Å²) in [6.07, 6.45) is 0.846. The quantitative estimate of drug-likeness (QED) is 0.594. The molecule has 0 aliphatic heterocycles. The summed E-state index contributed by atoms with van der Waals surface area (Å²) in [6, 6.07) is 8.12. The van der Waals surface area contributed by atoms with Gasteiger partial charge >= 0.3 is 5.97 Å². The van der Waals surface area contributed by atoms with Gasteiger partial charge in [-0.1, -0.05) is 19.1 Å². The van der Waals surface area contributed by atoms with E-state index in [4.69, 9.17) is 4.74 Å². The zero-order chi connectivity index (χ0) is 18.1. The number of hydrogen-bond acceptors (Lipinski definition) is 3. The summed E-state index contributed by atoms with van der Waals surface area (Å²) >= 11 is 0. The fraction of sp³-hybridized carbons (Fsp3) is 0.400. The van der Waals surface area contributed by atoms with Crippen molar-refractivity contribution in [2.75, 3.05) is 6.61 Å². The molecule has 0 bridgehead atoms. The highest BCUT2D eigenvalue weighted by Gasteiger charge is 2.40. The molecule has 1 heterocycles. The second-order valence-corrected chi connectivity index (χ2v) is 6.85. The van der Waals surface area contributed by atoms with Crippen LogP contribution in [0.3, 0.4) is 0 Å². The SMILES string of the molecule is Cc1cc(C(=O)COC(=O)[C@@H]2C[C@H]2C)c(C)n1Cc1ccc(F)cc1. The molecule has 5 heteroatoms. The fourth-order valence-electron chi connectivity index (χ4n) is 3.07. The third-order valence-electron chi connectivity index (χ3n) is 4.89. The molecule has 1 saturated carbocycles. The summed E-state index contributed by atoms with van der Waals surface area (Å²) in [6.45, 7) is 6.13. The molecular weight excluding hydrogens is 321 g/mol. The number of benzene rings is 1. The Labute approximate surface area is 146 Å². The summed E-state index contributed by atoms with van der Waals surface area (Å²) in [5.41, 5.74) is 3.28. The minimum atomic E-state index is -0.277. The topological polar surface area (TPSA) is 48.3 Å². The molecule has 0 amide bonds. The molecule has 1 fully saturated rings. The van der Waals surface area contributed by atoms with Crippen LogP contribution in [0.15, 0.2) is 30.3 Å². The number of aryl methyl sites for hydroxylation is 1. The van der Waals surface area contributed by atoms with Gasteiger partial charge in [-0.25, -0.2) is 4.39 Å². The van der Waals surface area contributed by atoms with Crippen LogP contribution in [0, 0.1) is 31.5 Å². The van der Waals surface area contributed by atoms with E-state index in [1.807, 2.05) is 31.4 Å². The molecule has 4 nitrogen and oxygen atoms in total. The molecule has 0 spiro atoms. The van der Waals surface area contributed by atoms with E-state index in [0.29, 0.717) is 18.0 Å². The molecule has 3 rings (SSSR count). The fourth-order valence-corrected chi connectivity index (χ4v) is 3.07. The highest BCUT2D eigenvalue weighted by Crippen LogP contribution is 2.38. The van der Waals surface area contributed by atoms with Crippen LogP contribution >= 0.6 is 0 Å². The van der Waals surface area contributed by atoms with E-state index in [0.717, 1.165) is 23.4 Å². The van der Waals surface area contributed by atoms with Crippen LogP contribution in [-0.4, -0.2) is 22.9 Å². The molecule has 132 valence electrons. The number of ether oxygens (including phenoxy) is 1. The summed E-state index contributed by atoms with van der Waals surface area (Å²) in [4.78, 5) is 24.2. The van der Waals surface area contributed by atoms with E-state index in [2.05, 4.69) is 0 Å². The molecule has 1 aliphatic carbocycles. The maximum Gasteiger partial charge on any atom is 0.309 e. The van der Waals surface area contributed by atoms with Crippen molar-refractivity contribution in [1.82, 2.24) is 4.57 Å². The first-order valence-electron chi connectivity index (χ1n) is 8.48. The van der Waals surface area contributed by atoms with E-state index in [1.54, 1.807) is 12.1 Å². The molecule has 0 N–H and O–H groups in total. The number of carbonyl (C=O) groups is 2. The van der Waals surface area contributed by atoms with Gasteiger partial charge in [-0.2, -0.15) is 0 Å². The lowest BCUT2D eigenvalue weighted by atomic mass is 10.1. The second kappa shape index (κ2) is 6.82. The van der Waals surface area contributed by atoms with E-state index in [1.165, 1.54) is 12.1 Å². The van der Waals surface area contributed by atoms with Crippen LogP contribution in [0.25, 0.3) is 0 Å². The lowest BCUT2D eigenvalue weighted by molar-refractivity contribution is -0.144. The number of esters is 1. The summed E-state index contributed by atoms with van der Waals surface area (Å²) in [5.74, 6) is -0.421. The Kier molecular flexibility index (Phi) is 4.75. The van der Waals surface area contributed by atoms with E-state index < -0.39 is 0 Å². The van der Waals surface area contributed by atoms with Crippen molar-refractivity contribution in [3.05, 3.63) is 58.7 Å². The van der Waals surface area contributed by atoms with Crippen molar-refractivity contribution in [2.45, 2.75) is 33.7 Å². The highest BCUT2D eigenvalue weighted by atomic mass is 19.1. The zero-order valence-corrected chi connectivity index (χ0v) is 14.7. The normalized spacial score (nSPS) is 18.9. The number of carbonyl (C=O) groups excluding carboxylic acids is 2. The Morgan fingerprint density at radius 1 is 1.24 bits per heavy atom. The van der Waals surface area contributed by atoms with Crippen LogP contribution in [-0.2, 0) is 16.1 Å². The lowest BCUT2D eigenvalue weighted by Gasteiger charge is -2.10. The van der Waals surface area contributed by atoms with Crippen molar-refractivity contribution in [1.29, 1.82) is 0 Å². The predicted octanol–water partition coefficient (Wildman–Crippen LogP) is 3.67. The number of nitrogens with zero attached hydrogens (tertiary/aromatic N) is 1. The maximum absolute atomic E-state index is 13.0. The number of aromatic nitrogens is 1. The second-order valence-electron chi connectivity index (χ2n) is 6.85. The minimum absolute atomic E-state index is 0.0429. The Bertz CT molecular complexity index is 807. The largest absolute Gasteiger partial charge is 0.457 e. The first-order valence-corrected chi connectivity index (χ1v) is 8.48. The van der Waals surface area contributed by atoms with Crippen molar-refractivity contribution in [3.8, 4) is 0 Å². The van der Waals surface area contributed by atoms with Crippen molar-refractivity contribution >= 4 is 11.8 Å². The van der Waals surface area contributed by atoms with Crippen LogP contribution in [0.4, 0.5) is 4.39 Å². The monoisotopic (exact) mass is 343 g/mol. The first kappa shape index (κ1) is 17.4. The number of rotatable bonds is 6. The first-order chi connectivity index (χ1) is 11.9.